The van der Waals surface area contributed by atoms with E-state index in [1.807, 2.05) is 24.3 Å². The largest absolute Gasteiger partial charge is 0.493 e. The lowest BCUT2D eigenvalue weighted by atomic mass is 10.1. The molecule has 9 heteroatoms. The van der Waals surface area contributed by atoms with Crippen LogP contribution in [-0.4, -0.2) is 20.1 Å². The molecule has 0 amide bonds. The van der Waals surface area contributed by atoms with E-state index in [1.54, 1.807) is 18.2 Å². The van der Waals surface area contributed by atoms with E-state index >= 15 is 0 Å². The molecule has 0 bridgehead atoms. The number of nitrogens with one attached hydrogen (secondary N) is 2. The Bertz CT molecular complexity index is 1440. The van der Waals surface area contributed by atoms with Crippen LogP contribution in [0, 0.1) is 0 Å². The summed E-state index contributed by atoms with van der Waals surface area (Å²) in [5.74, 6) is 0.493. The highest BCUT2D eigenvalue weighted by Gasteiger charge is 2.14. The molecule has 0 aliphatic carbocycles. The van der Waals surface area contributed by atoms with Crippen LogP contribution in [0.15, 0.2) is 40.1 Å². The van der Waals surface area contributed by atoms with E-state index in [9.17, 15) is 9.90 Å². The average Bonchev–Trinajstić information content (AvgIpc) is 3.32. The van der Waals surface area contributed by atoms with Gasteiger partial charge in [-0.2, -0.15) is 0 Å². The van der Waals surface area contributed by atoms with E-state index in [4.69, 9.17) is 23.2 Å². The fourth-order valence-electron chi connectivity index (χ4n) is 3.02. The molecule has 0 saturated carbocycles. The first-order valence-corrected chi connectivity index (χ1v) is 9.73. The Labute approximate surface area is 171 Å². The maximum absolute atomic E-state index is 11.3. The standard InChI is InChI=1S/C19H10Cl2N4O2S/c20-10-6-13-14(7-11(10)21)24-17(23-13)15-5-9-3-8(1-2-12(9)22-15)4-16-18(26)25-19(27)28-16/h1-7,26H,(H,23,24)(H,25,27). The molecular formula is C19H10Cl2N4O2S. The second kappa shape index (κ2) is 6.34. The number of aromatic hydroxyl groups is 1. The second-order valence-electron chi connectivity index (χ2n) is 6.20. The summed E-state index contributed by atoms with van der Waals surface area (Å²) in [6, 6.07) is 9.14. The molecule has 0 atom stereocenters. The van der Waals surface area contributed by atoms with Crippen LogP contribution in [0.4, 0.5) is 0 Å². The Morgan fingerprint density at radius 3 is 2.71 bits per heavy atom. The molecular weight excluding hydrogens is 419 g/mol. The maximum Gasteiger partial charge on any atom is 0.307 e. The third-order valence-corrected chi connectivity index (χ3v) is 5.85. The molecule has 0 unspecified atom stereocenters. The lowest BCUT2D eigenvalue weighted by Gasteiger charge is -1.93. The van der Waals surface area contributed by atoms with E-state index in [0.717, 1.165) is 33.0 Å². The minimum atomic E-state index is -0.299. The lowest BCUT2D eigenvalue weighted by molar-refractivity contribution is 0.455. The highest BCUT2D eigenvalue weighted by Crippen LogP contribution is 2.29. The van der Waals surface area contributed by atoms with Crippen LogP contribution in [0.25, 0.3) is 28.9 Å². The van der Waals surface area contributed by atoms with Crippen LogP contribution < -0.4 is 15.4 Å². The molecule has 0 spiro atoms. The summed E-state index contributed by atoms with van der Waals surface area (Å²) in [6.07, 6.45) is 3.67. The molecule has 3 heterocycles. The minimum Gasteiger partial charge on any atom is -0.493 e. The predicted molar refractivity (Wildman–Crippen MR) is 111 cm³/mol. The maximum atomic E-state index is 11.3. The first-order valence-electron chi connectivity index (χ1n) is 8.16. The molecule has 5 rings (SSSR count). The number of nitrogens with zero attached hydrogens (tertiary/aromatic N) is 2. The normalized spacial score (nSPS) is 13.6. The molecule has 3 N–H and O–H groups in total. The fraction of sp³-hybridized carbons (Fsp3) is 0. The van der Waals surface area contributed by atoms with Crippen molar-refractivity contribution in [1.29, 1.82) is 0 Å². The first-order chi connectivity index (χ1) is 13.5. The number of rotatable bonds is 2. The van der Waals surface area contributed by atoms with Crippen LogP contribution in [0.3, 0.4) is 0 Å². The average molecular weight is 429 g/mol. The minimum absolute atomic E-state index is 0.129. The molecule has 4 aromatic rings. The summed E-state index contributed by atoms with van der Waals surface area (Å²) in [6.45, 7) is 0. The summed E-state index contributed by atoms with van der Waals surface area (Å²) in [5.41, 5.74) is 3.11. The topological polar surface area (TPSA) is 94.1 Å². The Morgan fingerprint density at radius 2 is 1.93 bits per heavy atom. The fourth-order valence-corrected chi connectivity index (χ4v) is 4.03. The first kappa shape index (κ1) is 17.2. The molecule has 1 aliphatic heterocycles. The van der Waals surface area contributed by atoms with Crippen molar-refractivity contribution in [3.05, 3.63) is 76.9 Å². The molecule has 28 heavy (non-hydrogen) atoms. The van der Waals surface area contributed by atoms with Gasteiger partial charge in [0.05, 0.1) is 31.3 Å². The number of benzene rings is 2. The summed E-state index contributed by atoms with van der Waals surface area (Å²) < 4.78 is 0. The monoisotopic (exact) mass is 428 g/mol. The molecule has 0 fully saturated rings. The Hall–Kier alpha value is -2.87. The van der Waals surface area contributed by atoms with Gasteiger partial charge >= 0.3 is 4.87 Å². The van der Waals surface area contributed by atoms with Crippen molar-refractivity contribution in [2.24, 2.45) is 4.99 Å². The van der Waals surface area contributed by atoms with Crippen molar-refractivity contribution >= 4 is 63.4 Å². The summed E-state index contributed by atoms with van der Waals surface area (Å²) in [7, 11) is 0. The summed E-state index contributed by atoms with van der Waals surface area (Å²) in [5, 5.41) is 12.3. The second-order valence-corrected chi connectivity index (χ2v) is 8.03. The molecule has 0 saturated heterocycles. The van der Waals surface area contributed by atoms with Crippen LogP contribution in [-0.2, 0) is 0 Å². The van der Waals surface area contributed by atoms with Crippen molar-refractivity contribution in [2.45, 2.75) is 0 Å². The van der Waals surface area contributed by atoms with Gasteiger partial charge in [0.1, 0.15) is 5.70 Å². The molecule has 2 aromatic carbocycles. The zero-order valence-corrected chi connectivity index (χ0v) is 16.3. The van der Waals surface area contributed by atoms with Crippen molar-refractivity contribution in [3.63, 3.8) is 0 Å². The highest BCUT2D eigenvalue weighted by molar-refractivity contribution is 7.10. The smallest absolute Gasteiger partial charge is 0.307 e. The van der Waals surface area contributed by atoms with E-state index in [0.29, 0.717) is 32.0 Å². The van der Waals surface area contributed by atoms with Gasteiger partial charge in [-0.1, -0.05) is 40.6 Å². The van der Waals surface area contributed by atoms with Gasteiger partial charge in [0, 0.05) is 5.56 Å². The number of H-pyrrole nitrogens is 2. The number of halogens is 2. The number of aromatic nitrogens is 3. The van der Waals surface area contributed by atoms with Crippen molar-refractivity contribution in [1.82, 2.24) is 15.0 Å². The number of thiazole rings is 1. The van der Waals surface area contributed by atoms with Gasteiger partial charge in [0.25, 0.3) is 0 Å². The third kappa shape index (κ3) is 2.93. The Kier molecular flexibility index (Phi) is 3.90. The molecule has 138 valence electrons. The van der Waals surface area contributed by atoms with Gasteiger partial charge < -0.3 is 10.1 Å². The van der Waals surface area contributed by atoms with Gasteiger partial charge in [0.2, 0.25) is 5.88 Å². The lowest BCUT2D eigenvalue weighted by Crippen LogP contribution is -2.10. The molecule has 6 nitrogen and oxygen atoms in total. The van der Waals surface area contributed by atoms with E-state index in [1.165, 1.54) is 0 Å². The quantitative estimate of drug-likeness (QED) is 0.457. The van der Waals surface area contributed by atoms with Gasteiger partial charge in [-0.15, -0.1) is 0 Å². The van der Waals surface area contributed by atoms with Gasteiger partial charge in [-0.05, 0) is 41.6 Å². The number of hydrogen-bond acceptors (Lipinski definition) is 5. The van der Waals surface area contributed by atoms with E-state index < -0.39 is 0 Å². The Balaban J connectivity index is 1.57. The number of hydrogen-bond donors (Lipinski definition) is 3. The zero-order chi connectivity index (χ0) is 19.4. The molecule has 0 radical (unpaired) electrons. The summed E-state index contributed by atoms with van der Waals surface area (Å²) >= 11 is 13.1. The summed E-state index contributed by atoms with van der Waals surface area (Å²) in [4.78, 5) is 26.2. The van der Waals surface area contributed by atoms with Crippen LogP contribution in [0.1, 0.15) is 16.3 Å². The van der Waals surface area contributed by atoms with Gasteiger partial charge in [0.15, 0.2) is 5.82 Å². The highest BCUT2D eigenvalue weighted by atomic mass is 35.5. The van der Waals surface area contributed by atoms with Crippen molar-refractivity contribution < 1.29 is 5.11 Å². The zero-order valence-electron chi connectivity index (χ0n) is 14.0. The SMILES string of the molecule is O=c1[nH]c(O)c(C=c2ccc3c(c2)C=C(c2nc4cc(Cl)c(Cl)cc4[nH]2)N=3)s1. The van der Waals surface area contributed by atoms with Crippen molar-refractivity contribution in [2.75, 3.05) is 0 Å². The number of imidazole rings is 1. The number of fused-ring (bicyclic) bond motifs is 2. The van der Waals surface area contributed by atoms with E-state index in [-0.39, 0.29) is 10.8 Å². The van der Waals surface area contributed by atoms with Crippen LogP contribution in [0.5, 0.6) is 5.88 Å². The van der Waals surface area contributed by atoms with E-state index in [2.05, 4.69) is 19.9 Å². The Morgan fingerprint density at radius 1 is 1.11 bits per heavy atom. The number of aromatic amines is 2. The predicted octanol–water partition coefficient (Wildman–Crippen LogP) is 3.29. The van der Waals surface area contributed by atoms with Crippen molar-refractivity contribution in [3.8, 4) is 5.88 Å². The third-order valence-electron chi connectivity index (χ3n) is 4.31. The van der Waals surface area contributed by atoms with Gasteiger partial charge in [-0.3, -0.25) is 9.78 Å². The molecule has 1 aliphatic rings. The van der Waals surface area contributed by atoms with Crippen LogP contribution >= 0.6 is 34.5 Å². The molecule has 2 aromatic heterocycles. The van der Waals surface area contributed by atoms with Crippen LogP contribution in [0.2, 0.25) is 10.0 Å². The van der Waals surface area contributed by atoms with Gasteiger partial charge in [-0.25, -0.2) is 9.98 Å².